The zero-order valence-electron chi connectivity index (χ0n) is 9.77. The lowest BCUT2D eigenvalue weighted by atomic mass is 10.2. The predicted octanol–water partition coefficient (Wildman–Crippen LogP) is 3.97. The summed E-state index contributed by atoms with van der Waals surface area (Å²) in [7, 11) is 0. The summed E-state index contributed by atoms with van der Waals surface area (Å²) < 4.78 is 69.5. The highest BCUT2D eigenvalue weighted by atomic mass is 32.1. The Kier molecular flexibility index (Phi) is 3.76. The van der Waals surface area contributed by atoms with Crippen molar-refractivity contribution in [2.24, 2.45) is 0 Å². The van der Waals surface area contributed by atoms with Crippen LogP contribution in [0, 0.1) is 36.0 Å². The average Bonchev–Trinajstić information content (AvgIpc) is 2.85. The van der Waals surface area contributed by atoms with Crippen LogP contribution >= 0.6 is 11.3 Å². The summed E-state index contributed by atoms with van der Waals surface area (Å²) in [6.07, 6.45) is 0. The Hall–Kier alpha value is -1.96. The van der Waals surface area contributed by atoms with Crippen molar-refractivity contribution in [3.63, 3.8) is 0 Å². The largest absolute Gasteiger partial charge is 0.416 e. The van der Waals surface area contributed by atoms with Crippen molar-refractivity contribution in [1.82, 2.24) is 0 Å². The molecule has 0 aliphatic rings. The van der Waals surface area contributed by atoms with E-state index < -0.39 is 40.8 Å². The number of hydrogen-bond donors (Lipinski definition) is 0. The Balaban J connectivity index is 2.42. The Morgan fingerprint density at radius 3 is 1.90 bits per heavy atom. The first-order valence-corrected chi connectivity index (χ1v) is 5.94. The van der Waals surface area contributed by atoms with Gasteiger partial charge in [0.05, 0.1) is 0 Å². The molecular weight excluding hydrogens is 303 g/mol. The third-order valence-corrected chi connectivity index (χ3v) is 3.29. The van der Waals surface area contributed by atoms with Crippen LogP contribution in [0.2, 0.25) is 0 Å². The monoisotopic (exact) mass is 308 g/mol. The molecule has 1 aromatic carbocycles. The molecule has 8 heteroatoms. The Bertz CT molecular complexity index is 666. The van der Waals surface area contributed by atoms with Crippen molar-refractivity contribution in [2.45, 2.75) is 6.92 Å². The summed E-state index contributed by atoms with van der Waals surface area (Å²) in [5.41, 5.74) is 0. The molecule has 0 aliphatic heterocycles. The van der Waals surface area contributed by atoms with E-state index in [9.17, 15) is 26.7 Å². The maximum absolute atomic E-state index is 13.3. The van der Waals surface area contributed by atoms with E-state index in [0.717, 1.165) is 16.2 Å². The van der Waals surface area contributed by atoms with E-state index in [4.69, 9.17) is 0 Å². The van der Waals surface area contributed by atoms with Crippen molar-refractivity contribution in [3.8, 4) is 5.75 Å². The fourth-order valence-electron chi connectivity index (χ4n) is 1.36. The summed E-state index contributed by atoms with van der Waals surface area (Å²) in [5.74, 6) is -13.9. The van der Waals surface area contributed by atoms with E-state index in [0.29, 0.717) is 0 Å². The number of rotatable bonds is 2. The van der Waals surface area contributed by atoms with Gasteiger partial charge in [-0.25, -0.2) is 18.0 Å². The van der Waals surface area contributed by atoms with E-state index >= 15 is 0 Å². The molecule has 0 atom stereocenters. The summed E-state index contributed by atoms with van der Waals surface area (Å²) >= 11 is 0.957. The zero-order valence-corrected chi connectivity index (χ0v) is 10.6. The first kappa shape index (κ1) is 14.4. The van der Waals surface area contributed by atoms with Crippen molar-refractivity contribution in [2.75, 3.05) is 0 Å². The van der Waals surface area contributed by atoms with E-state index in [2.05, 4.69) is 4.74 Å². The molecule has 0 radical (unpaired) electrons. The number of thiophene rings is 1. The molecule has 20 heavy (non-hydrogen) atoms. The molecule has 0 aliphatic carbocycles. The lowest BCUT2D eigenvalue weighted by Gasteiger charge is -2.07. The van der Waals surface area contributed by atoms with Crippen molar-refractivity contribution in [1.29, 1.82) is 0 Å². The molecule has 1 heterocycles. The van der Waals surface area contributed by atoms with Crippen LogP contribution in [0.1, 0.15) is 14.5 Å². The van der Waals surface area contributed by atoms with Crippen LogP contribution in [0.4, 0.5) is 22.0 Å². The van der Waals surface area contributed by atoms with Crippen LogP contribution in [0.25, 0.3) is 0 Å². The minimum Gasteiger partial charge on any atom is -0.416 e. The third-order valence-electron chi connectivity index (χ3n) is 2.31. The van der Waals surface area contributed by atoms with Crippen molar-refractivity contribution >= 4 is 17.3 Å². The van der Waals surface area contributed by atoms with Crippen LogP contribution in [-0.4, -0.2) is 5.97 Å². The minimum absolute atomic E-state index is 0.0218. The van der Waals surface area contributed by atoms with Gasteiger partial charge in [0.2, 0.25) is 34.8 Å². The molecule has 0 fully saturated rings. The fraction of sp³-hybridized carbons (Fsp3) is 0.0833. The Labute approximate surface area is 113 Å². The van der Waals surface area contributed by atoms with Gasteiger partial charge in [-0.2, -0.15) is 8.78 Å². The molecule has 0 spiro atoms. The van der Waals surface area contributed by atoms with Crippen LogP contribution in [-0.2, 0) is 0 Å². The first-order valence-electron chi connectivity index (χ1n) is 5.13. The molecule has 0 unspecified atom stereocenters. The molecular formula is C12H5F5O2S. The van der Waals surface area contributed by atoms with Gasteiger partial charge in [0.25, 0.3) is 0 Å². The van der Waals surface area contributed by atoms with Gasteiger partial charge in [-0.05, 0) is 19.1 Å². The predicted molar refractivity (Wildman–Crippen MR) is 60.2 cm³/mol. The summed E-state index contributed by atoms with van der Waals surface area (Å²) in [5, 5.41) is 0. The number of halogens is 5. The number of esters is 1. The second-order valence-corrected chi connectivity index (χ2v) is 4.99. The standard InChI is InChI=1S/C12H5F5O2S/c1-4-2-3-5(20-4)12(18)19-11-9(16)7(14)6(13)8(15)10(11)17/h2-3H,1H3. The van der Waals surface area contributed by atoms with Crippen LogP contribution in [0.15, 0.2) is 12.1 Å². The topological polar surface area (TPSA) is 26.3 Å². The third kappa shape index (κ3) is 2.38. The van der Waals surface area contributed by atoms with E-state index in [1.54, 1.807) is 13.0 Å². The molecule has 106 valence electrons. The summed E-state index contributed by atoms with van der Waals surface area (Å²) in [6, 6.07) is 2.86. The van der Waals surface area contributed by atoms with Crippen LogP contribution in [0.3, 0.4) is 0 Å². The van der Waals surface area contributed by atoms with Crippen LogP contribution < -0.4 is 4.74 Å². The Morgan fingerprint density at radius 2 is 1.45 bits per heavy atom. The van der Waals surface area contributed by atoms with E-state index in [1.165, 1.54) is 6.07 Å². The molecule has 2 aromatic rings. The highest BCUT2D eigenvalue weighted by Crippen LogP contribution is 2.30. The zero-order chi connectivity index (χ0) is 15.0. The lowest BCUT2D eigenvalue weighted by Crippen LogP contribution is -2.12. The number of aryl methyl sites for hydroxylation is 1. The Morgan fingerprint density at radius 1 is 0.950 bits per heavy atom. The fourth-order valence-corrected chi connectivity index (χ4v) is 2.11. The normalized spacial score (nSPS) is 10.7. The molecule has 0 N–H and O–H groups in total. The molecule has 0 saturated carbocycles. The van der Waals surface area contributed by atoms with Gasteiger partial charge in [-0.15, -0.1) is 11.3 Å². The van der Waals surface area contributed by atoms with Crippen LogP contribution in [0.5, 0.6) is 5.75 Å². The van der Waals surface area contributed by atoms with Gasteiger partial charge in [0, 0.05) is 4.88 Å². The first-order chi connectivity index (χ1) is 9.32. The second kappa shape index (κ2) is 5.20. The smallest absolute Gasteiger partial charge is 0.353 e. The quantitative estimate of drug-likeness (QED) is 0.276. The van der Waals surface area contributed by atoms with Gasteiger partial charge >= 0.3 is 5.97 Å². The summed E-state index contributed by atoms with van der Waals surface area (Å²) in [6.45, 7) is 1.67. The number of ether oxygens (including phenoxy) is 1. The molecule has 0 amide bonds. The maximum Gasteiger partial charge on any atom is 0.353 e. The van der Waals surface area contributed by atoms with Crippen molar-refractivity contribution < 1.29 is 31.5 Å². The number of hydrogen-bond acceptors (Lipinski definition) is 3. The lowest BCUT2D eigenvalue weighted by molar-refractivity contribution is 0.0721. The number of carbonyl (C=O) groups is 1. The maximum atomic E-state index is 13.3. The molecule has 0 bridgehead atoms. The van der Waals surface area contributed by atoms with Gasteiger partial charge < -0.3 is 4.74 Å². The van der Waals surface area contributed by atoms with Crippen molar-refractivity contribution in [3.05, 3.63) is 51.0 Å². The average molecular weight is 308 g/mol. The molecule has 1 aromatic heterocycles. The molecule has 2 rings (SSSR count). The highest BCUT2D eigenvalue weighted by Gasteiger charge is 2.29. The van der Waals surface area contributed by atoms with Gasteiger partial charge in [0.1, 0.15) is 4.88 Å². The van der Waals surface area contributed by atoms with Gasteiger partial charge in [-0.1, -0.05) is 0 Å². The number of benzene rings is 1. The van der Waals surface area contributed by atoms with Gasteiger partial charge in [0.15, 0.2) is 0 Å². The SMILES string of the molecule is Cc1ccc(C(=O)Oc2c(F)c(F)c(F)c(F)c2F)s1. The van der Waals surface area contributed by atoms with Gasteiger partial charge in [-0.3, -0.25) is 0 Å². The summed E-state index contributed by atoms with van der Waals surface area (Å²) in [4.78, 5) is 12.3. The second-order valence-electron chi connectivity index (χ2n) is 3.70. The molecule has 2 nitrogen and oxygen atoms in total. The number of carbonyl (C=O) groups excluding carboxylic acids is 1. The van der Waals surface area contributed by atoms with E-state index in [1.807, 2.05) is 0 Å². The van der Waals surface area contributed by atoms with E-state index in [-0.39, 0.29) is 4.88 Å². The molecule has 0 saturated heterocycles. The highest BCUT2D eigenvalue weighted by molar-refractivity contribution is 7.13. The minimum atomic E-state index is -2.31.